The van der Waals surface area contributed by atoms with E-state index in [0.717, 1.165) is 18.4 Å². The van der Waals surface area contributed by atoms with Gasteiger partial charge in [0.25, 0.3) is 5.91 Å². The van der Waals surface area contributed by atoms with Crippen LogP contribution < -0.4 is 0 Å². The number of rotatable bonds is 4. The number of aliphatic carboxylic acids is 1. The lowest BCUT2D eigenvalue weighted by Gasteiger charge is -2.26. The van der Waals surface area contributed by atoms with E-state index in [1.165, 1.54) is 17.7 Å². The van der Waals surface area contributed by atoms with E-state index in [1.54, 1.807) is 6.07 Å². The molecule has 1 fully saturated rings. The van der Waals surface area contributed by atoms with Crippen LogP contribution in [0.5, 0.6) is 0 Å². The molecule has 1 atom stereocenters. The summed E-state index contributed by atoms with van der Waals surface area (Å²) in [6.07, 6.45) is 5.16. The Morgan fingerprint density at radius 3 is 2.65 bits per heavy atom. The van der Waals surface area contributed by atoms with Crippen LogP contribution in [0.4, 0.5) is 0 Å². The molecule has 1 unspecified atom stereocenters. The maximum atomic E-state index is 12.4. The maximum Gasteiger partial charge on any atom is 0.326 e. The fourth-order valence-electron chi connectivity index (χ4n) is 3.45. The molecule has 1 heterocycles. The molecule has 3 rings (SSSR count). The summed E-state index contributed by atoms with van der Waals surface area (Å²) in [5.74, 6) is -0.559. The van der Waals surface area contributed by atoms with Crippen molar-refractivity contribution in [2.24, 2.45) is 5.92 Å². The van der Waals surface area contributed by atoms with Gasteiger partial charge in [0.15, 0.2) is 0 Å². The Morgan fingerprint density at radius 1 is 1.30 bits per heavy atom. The number of fused-ring (bicyclic) bond motifs is 1. The number of hydrogen-bond donors (Lipinski definition) is 1. The Hall–Kier alpha value is -1.84. The lowest BCUT2D eigenvalue weighted by atomic mass is 9.97. The Kier molecular flexibility index (Phi) is 3.47. The van der Waals surface area contributed by atoms with E-state index in [-0.39, 0.29) is 5.91 Å². The van der Waals surface area contributed by atoms with Crippen LogP contribution in [0.1, 0.15) is 48.0 Å². The topological polar surface area (TPSA) is 57.6 Å². The van der Waals surface area contributed by atoms with Crippen molar-refractivity contribution >= 4 is 11.9 Å². The molecule has 2 aliphatic rings. The maximum absolute atomic E-state index is 12.4. The molecule has 4 nitrogen and oxygen atoms in total. The Bertz CT molecular complexity index is 534. The summed E-state index contributed by atoms with van der Waals surface area (Å²) < 4.78 is 0. The highest BCUT2D eigenvalue weighted by atomic mass is 16.4. The molecule has 1 aliphatic heterocycles. The van der Waals surface area contributed by atoms with E-state index in [9.17, 15) is 14.7 Å². The fourth-order valence-corrected chi connectivity index (χ4v) is 3.45. The molecule has 106 valence electrons. The minimum atomic E-state index is -0.877. The van der Waals surface area contributed by atoms with Gasteiger partial charge in [-0.25, -0.2) is 4.79 Å². The predicted molar refractivity (Wildman–Crippen MR) is 74.3 cm³/mol. The van der Waals surface area contributed by atoms with Gasteiger partial charge in [0, 0.05) is 12.1 Å². The van der Waals surface area contributed by atoms with Crippen molar-refractivity contribution in [2.45, 2.75) is 44.7 Å². The van der Waals surface area contributed by atoms with Gasteiger partial charge in [-0.05, 0) is 24.0 Å². The Morgan fingerprint density at radius 2 is 2.00 bits per heavy atom. The quantitative estimate of drug-likeness (QED) is 0.917. The minimum Gasteiger partial charge on any atom is -0.480 e. The molecule has 0 radical (unpaired) electrons. The summed E-state index contributed by atoms with van der Waals surface area (Å²) in [5, 5.41) is 9.50. The lowest BCUT2D eigenvalue weighted by molar-refractivity contribution is -0.143. The van der Waals surface area contributed by atoms with Gasteiger partial charge in [-0.3, -0.25) is 4.79 Å². The molecule has 1 amide bonds. The van der Waals surface area contributed by atoms with Crippen molar-refractivity contribution in [2.75, 3.05) is 0 Å². The largest absolute Gasteiger partial charge is 0.480 e. The zero-order valence-corrected chi connectivity index (χ0v) is 11.4. The van der Waals surface area contributed by atoms with Gasteiger partial charge < -0.3 is 10.0 Å². The van der Waals surface area contributed by atoms with Gasteiger partial charge in [0.2, 0.25) is 0 Å². The monoisotopic (exact) mass is 273 g/mol. The highest BCUT2D eigenvalue weighted by Crippen LogP contribution is 2.32. The van der Waals surface area contributed by atoms with Crippen molar-refractivity contribution < 1.29 is 14.7 Å². The number of carboxylic acids is 1. The van der Waals surface area contributed by atoms with Gasteiger partial charge in [0.05, 0.1) is 0 Å². The molecule has 4 heteroatoms. The van der Waals surface area contributed by atoms with E-state index in [2.05, 4.69) is 0 Å². The lowest BCUT2D eigenvalue weighted by Crippen LogP contribution is -2.42. The third kappa shape index (κ3) is 2.30. The summed E-state index contributed by atoms with van der Waals surface area (Å²) >= 11 is 0. The summed E-state index contributed by atoms with van der Waals surface area (Å²) in [5.41, 5.74) is 1.60. The van der Waals surface area contributed by atoms with Crippen molar-refractivity contribution in [3.05, 3.63) is 35.4 Å². The zero-order valence-electron chi connectivity index (χ0n) is 11.4. The zero-order chi connectivity index (χ0) is 14.1. The highest BCUT2D eigenvalue weighted by Gasteiger charge is 2.37. The normalized spacial score (nSPS) is 20.2. The van der Waals surface area contributed by atoms with Crippen LogP contribution in [0.15, 0.2) is 24.3 Å². The minimum absolute atomic E-state index is 0.133. The standard InChI is InChI=1S/C16H19NO3/c18-15-13-8-4-3-7-12(13)10-17(15)14(16(19)20)9-11-5-1-2-6-11/h3-4,7-8,11,14H,1-2,5-6,9-10H2,(H,19,20). The van der Waals surface area contributed by atoms with E-state index in [0.29, 0.717) is 24.4 Å². The average Bonchev–Trinajstić information content (AvgIpc) is 3.05. The van der Waals surface area contributed by atoms with Crippen molar-refractivity contribution in [3.63, 3.8) is 0 Å². The molecule has 0 spiro atoms. The molecule has 20 heavy (non-hydrogen) atoms. The summed E-state index contributed by atoms with van der Waals surface area (Å²) in [6, 6.07) is 6.72. The van der Waals surface area contributed by atoms with Crippen LogP contribution in [0.25, 0.3) is 0 Å². The first kappa shape index (κ1) is 13.2. The average molecular weight is 273 g/mol. The smallest absolute Gasteiger partial charge is 0.326 e. The summed E-state index contributed by atoms with van der Waals surface area (Å²) in [7, 11) is 0. The fraction of sp³-hybridized carbons (Fsp3) is 0.500. The first-order valence-corrected chi connectivity index (χ1v) is 7.28. The summed E-state index contributed by atoms with van der Waals surface area (Å²) in [6.45, 7) is 0.429. The van der Waals surface area contributed by atoms with E-state index < -0.39 is 12.0 Å². The SMILES string of the molecule is O=C(O)C(CC1CCCC1)N1Cc2ccccc2C1=O. The third-order valence-electron chi connectivity index (χ3n) is 4.54. The second kappa shape index (κ2) is 5.27. The van der Waals surface area contributed by atoms with Crippen molar-refractivity contribution in [1.29, 1.82) is 0 Å². The van der Waals surface area contributed by atoms with Crippen molar-refractivity contribution in [3.8, 4) is 0 Å². The van der Waals surface area contributed by atoms with Gasteiger partial charge in [0.1, 0.15) is 6.04 Å². The van der Waals surface area contributed by atoms with Crippen LogP contribution >= 0.6 is 0 Å². The molecule has 1 saturated carbocycles. The van der Waals surface area contributed by atoms with Crippen LogP contribution in [0, 0.1) is 5.92 Å². The number of amides is 1. The van der Waals surface area contributed by atoms with E-state index in [1.807, 2.05) is 18.2 Å². The Balaban J connectivity index is 1.79. The number of nitrogens with zero attached hydrogens (tertiary/aromatic N) is 1. The molecular formula is C16H19NO3. The second-order valence-corrected chi connectivity index (χ2v) is 5.83. The van der Waals surface area contributed by atoms with Gasteiger partial charge in [-0.1, -0.05) is 43.9 Å². The van der Waals surface area contributed by atoms with Gasteiger partial charge in [-0.15, -0.1) is 0 Å². The number of carboxylic acid groups (broad SMARTS) is 1. The van der Waals surface area contributed by atoms with Gasteiger partial charge >= 0.3 is 5.97 Å². The number of carbonyl (C=O) groups excluding carboxylic acids is 1. The summed E-state index contributed by atoms with van der Waals surface area (Å²) in [4.78, 5) is 25.5. The third-order valence-corrected chi connectivity index (χ3v) is 4.54. The number of hydrogen-bond acceptors (Lipinski definition) is 2. The van der Waals surface area contributed by atoms with Crippen LogP contribution in [0.3, 0.4) is 0 Å². The van der Waals surface area contributed by atoms with Crippen LogP contribution in [-0.2, 0) is 11.3 Å². The second-order valence-electron chi connectivity index (χ2n) is 5.83. The first-order chi connectivity index (χ1) is 9.66. The molecule has 0 saturated heterocycles. The predicted octanol–water partition coefficient (Wildman–Crippen LogP) is 2.68. The van der Waals surface area contributed by atoms with Gasteiger partial charge in [-0.2, -0.15) is 0 Å². The Labute approximate surface area is 118 Å². The first-order valence-electron chi connectivity index (χ1n) is 7.28. The molecule has 1 N–H and O–H groups in total. The highest BCUT2D eigenvalue weighted by molar-refractivity contribution is 6.00. The molecule has 0 bridgehead atoms. The molecule has 1 aliphatic carbocycles. The van der Waals surface area contributed by atoms with Crippen LogP contribution in [0.2, 0.25) is 0 Å². The van der Waals surface area contributed by atoms with E-state index >= 15 is 0 Å². The van der Waals surface area contributed by atoms with Crippen molar-refractivity contribution in [1.82, 2.24) is 4.90 Å². The molecule has 0 aromatic heterocycles. The molecular weight excluding hydrogens is 254 g/mol. The molecule has 1 aromatic rings. The van der Waals surface area contributed by atoms with E-state index in [4.69, 9.17) is 0 Å². The molecule has 1 aromatic carbocycles. The van der Waals surface area contributed by atoms with Crippen LogP contribution in [-0.4, -0.2) is 27.9 Å². The number of benzene rings is 1. The number of carbonyl (C=O) groups is 2.